The van der Waals surface area contributed by atoms with Crippen molar-refractivity contribution in [2.75, 3.05) is 6.61 Å². The summed E-state index contributed by atoms with van der Waals surface area (Å²) in [5, 5.41) is 33.3. The highest BCUT2D eigenvalue weighted by Crippen LogP contribution is 2.18. The summed E-state index contributed by atoms with van der Waals surface area (Å²) >= 11 is 0. The van der Waals surface area contributed by atoms with Gasteiger partial charge in [-0.2, -0.15) is 0 Å². The molecule has 0 aromatic carbocycles. The van der Waals surface area contributed by atoms with Gasteiger partial charge < -0.3 is 20.6 Å². The molecular formula is C56H109NO4. The molecule has 5 nitrogen and oxygen atoms in total. The third-order valence-corrected chi connectivity index (χ3v) is 13.0. The van der Waals surface area contributed by atoms with E-state index in [0.717, 1.165) is 38.5 Å². The van der Waals surface area contributed by atoms with E-state index < -0.39 is 24.2 Å². The number of carbonyl (C=O) groups excluding carboxylic acids is 1. The normalized spacial score (nSPS) is 13.5. The molecule has 0 saturated carbocycles. The molecule has 3 atom stereocenters. The summed E-state index contributed by atoms with van der Waals surface area (Å²) in [6.07, 6.45) is 65.5. The van der Waals surface area contributed by atoms with Crippen LogP contribution in [0, 0.1) is 0 Å². The first kappa shape index (κ1) is 59.8. The molecule has 3 unspecified atom stereocenters. The van der Waals surface area contributed by atoms with Gasteiger partial charge in [-0.05, 0) is 32.1 Å². The van der Waals surface area contributed by atoms with Crippen molar-refractivity contribution in [3.63, 3.8) is 0 Å². The Balaban J connectivity index is 3.53. The van der Waals surface area contributed by atoms with Crippen molar-refractivity contribution in [3.05, 3.63) is 24.3 Å². The summed E-state index contributed by atoms with van der Waals surface area (Å²) in [5.41, 5.74) is 0. The van der Waals surface area contributed by atoms with E-state index in [-0.39, 0.29) is 6.61 Å². The van der Waals surface area contributed by atoms with Gasteiger partial charge in [0.15, 0.2) is 0 Å². The zero-order valence-electron chi connectivity index (χ0n) is 41.3. The molecule has 0 bridgehead atoms. The van der Waals surface area contributed by atoms with Gasteiger partial charge in [-0.15, -0.1) is 0 Å². The highest BCUT2D eigenvalue weighted by Gasteiger charge is 2.22. The van der Waals surface area contributed by atoms with E-state index in [1.807, 2.05) is 6.08 Å². The second kappa shape index (κ2) is 51.5. The zero-order valence-corrected chi connectivity index (χ0v) is 41.3. The monoisotopic (exact) mass is 860 g/mol. The Morgan fingerprint density at radius 2 is 0.672 bits per heavy atom. The fraction of sp³-hybridized carbons (Fsp3) is 0.911. The zero-order chi connectivity index (χ0) is 44.4. The van der Waals surface area contributed by atoms with Crippen LogP contribution >= 0.6 is 0 Å². The molecule has 362 valence electrons. The van der Waals surface area contributed by atoms with E-state index in [2.05, 4.69) is 31.3 Å². The topological polar surface area (TPSA) is 89.8 Å². The van der Waals surface area contributed by atoms with Gasteiger partial charge in [0.05, 0.1) is 18.8 Å². The number of unbranched alkanes of at least 4 members (excludes halogenated alkanes) is 41. The predicted molar refractivity (Wildman–Crippen MR) is 268 cm³/mol. The van der Waals surface area contributed by atoms with Gasteiger partial charge in [0.25, 0.3) is 0 Å². The molecular weight excluding hydrogens is 751 g/mol. The minimum absolute atomic E-state index is 0.373. The first-order valence-corrected chi connectivity index (χ1v) is 27.7. The summed E-state index contributed by atoms with van der Waals surface area (Å²) in [6.45, 7) is 4.20. The van der Waals surface area contributed by atoms with Crippen LogP contribution in [0.2, 0.25) is 0 Å². The van der Waals surface area contributed by atoms with Gasteiger partial charge in [-0.3, -0.25) is 4.79 Å². The van der Waals surface area contributed by atoms with Crippen molar-refractivity contribution in [1.29, 1.82) is 0 Å². The average molecular weight is 860 g/mol. The van der Waals surface area contributed by atoms with Crippen molar-refractivity contribution >= 4 is 5.91 Å². The van der Waals surface area contributed by atoms with Crippen LogP contribution in [0.15, 0.2) is 24.3 Å². The van der Waals surface area contributed by atoms with Crippen molar-refractivity contribution in [3.8, 4) is 0 Å². The van der Waals surface area contributed by atoms with Gasteiger partial charge in [0.1, 0.15) is 6.10 Å². The summed E-state index contributed by atoms with van der Waals surface area (Å²) in [6, 6.07) is -0.812. The lowest BCUT2D eigenvalue weighted by Crippen LogP contribution is -2.48. The second-order valence-electron chi connectivity index (χ2n) is 19.1. The van der Waals surface area contributed by atoms with Crippen LogP contribution in [0.25, 0.3) is 0 Å². The molecule has 0 aliphatic carbocycles. The van der Waals surface area contributed by atoms with Gasteiger partial charge in [0, 0.05) is 0 Å². The lowest BCUT2D eigenvalue weighted by molar-refractivity contribution is -0.131. The molecule has 0 aromatic heterocycles. The molecule has 0 radical (unpaired) electrons. The number of nitrogens with one attached hydrogen (secondary N) is 1. The predicted octanol–water partition coefficient (Wildman–Crippen LogP) is 16.9. The quantitative estimate of drug-likeness (QED) is 0.0362. The molecule has 0 heterocycles. The first-order valence-electron chi connectivity index (χ1n) is 27.7. The summed E-state index contributed by atoms with van der Waals surface area (Å²) in [4.78, 5) is 12.5. The number of hydrogen-bond donors (Lipinski definition) is 4. The molecule has 0 spiro atoms. The van der Waals surface area contributed by atoms with Crippen molar-refractivity contribution in [2.24, 2.45) is 0 Å². The number of allylic oxidation sites excluding steroid dienone is 3. The van der Waals surface area contributed by atoms with Crippen LogP contribution in [0.1, 0.15) is 303 Å². The van der Waals surface area contributed by atoms with E-state index in [1.54, 1.807) is 6.08 Å². The number of amides is 1. The maximum atomic E-state index is 12.5. The molecule has 61 heavy (non-hydrogen) atoms. The fourth-order valence-electron chi connectivity index (χ4n) is 8.73. The van der Waals surface area contributed by atoms with E-state index >= 15 is 0 Å². The molecule has 5 heteroatoms. The van der Waals surface area contributed by atoms with Crippen LogP contribution < -0.4 is 5.32 Å². The van der Waals surface area contributed by atoms with Gasteiger partial charge >= 0.3 is 0 Å². The summed E-state index contributed by atoms with van der Waals surface area (Å²) in [5.74, 6) is -0.507. The van der Waals surface area contributed by atoms with E-state index in [4.69, 9.17) is 0 Å². The summed E-state index contributed by atoms with van der Waals surface area (Å²) in [7, 11) is 0. The average Bonchev–Trinajstić information content (AvgIpc) is 3.26. The van der Waals surface area contributed by atoms with Gasteiger partial charge in [-0.1, -0.05) is 295 Å². The third kappa shape index (κ3) is 46.6. The molecule has 0 fully saturated rings. The van der Waals surface area contributed by atoms with Crippen LogP contribution in [-0.2, 0) is 4.79 Å². The van der Waals surface area contributed by atoms with Crippen LogP contribution in [-0.4, -0.2) is 46.1 Å². The Kier molecular flexibility index (Phi) is 50.5. The number of hydrogen-bond acceptors (Lipinski definition) is 4. The standard InChI is InChI=1S/C56H109NO4/c1-3-5-7-9-11-13-15-17-19-21-22-23-24-25-26-27-28-29-30-31-32-33-35-37-39-41-43-45-47-49-51-55(60)56(61)57-53(52-58)54(59)50-48-46-44-42-40-38-36-34-20-18-16-14-12-10-8-6-4-2/h40,42,48,50,53-55,58-60H,3-39,41,43-47,49,51-52H2,1-2H3,(H,57,61)/b42-40+,50-48+. The van der Waals surface area contributed by atoms with Crippen LogP contribution in [0.5, 0.6) is 0 Å². The van der Waals surface area contributed by atoms with Crippen molar-refractivity contribution < 1.29 is 20.1 Å². The highest BCUT2D eigenvalue weighted by atomic mass is 16.3. The molecule has 0 saturated heterocycles. The van der Waals surface area contributed by atoms with E-state index in [0.29, 0.717) is 6.42 Å². The molecule has 1 amide bonds. The molecule has 0 aliphatic heterocycles. The van der Waals surface area contributed by atoms with Crippen LogP contribution in [0.4, 0.5) is 0 Å². The van der Waals surface area contributed by atoms with Crippen molar-refractivity contribution in [1.82, 2.24) is 5.32 Å². The number of carbonyl (C=O) groups is 1. The molecule has 0 rings (SSSR count). The van der Waals surface area contributed by atoms with E-state index in [9.17, 15) is 20.1 Å². The smallest absolute Gasteiger partial charge is 0.249 e. The SMILES string of the molecule is CCCCCCCCCCCCC/C=C/CC/C=C/C(O)C(CO)NC(=O)C(O)CCCCCCCCCCCCCCCCCCCCCCCCCCCCCCCC. The van der Waals surface area contributed by atoms with Crippen molar-refractivity contribution in [2.45, 2.75) is 321 Å². The highest BCUT2D eigenvalue weighted by molar-refractivity contribution is 5.80. The number of aliphatic hydroxyl groups excluding tert-OH is 3. The Morgan fingerprint density at radius 3 is 1.00 bits per heavy atom. The number of rotatable bonds is 51. The maximum Gasteiger partial charge on any atom is 0.249 e. The Labute approximate surface area is 382 Å². The van der Waals surface area contributed by atoms with Crippen LogP contribution in [0.3, 0.4) is 0 Å². The Hall–Kier alpha value is -1.17. The molecule has 0 aliphatic rings. The minimum Gasteiger partial charge on any atom is -0.394 e. The Morgan fingerprint density at radius 1 is 0.393 bits per heavy atom. The molecule has 0 aromatic rings. The second-order valence-corrected chi connectivity index (χ2v) is 19.1. The fourth-order valence-corrected chi connectivity index (χ4v) is 8.73. The minimum atomic E-state index is -1.10. The van der Waals surface area contributed by atoms with Gasteiger partial charge in [0.2, 0.25) is 5.91 Å². The van der Waals surface area contributed by atoms with E-state index in [1.165, 1.54) is 244 Å². The third-order valence-electron chi connectivity index (χ3n) is 13.0. The maximum absolute atomic E-state index is 12.5. The molecule has 4 N–H and O–H groups in total. The number of aliphatic hydroxyl groups is 3. The van der Waals surface area contributed by atoms with Gasteiger partial charge in [-0.25, -0.2) is 0 Å². The Bertz CT molecular complexity index is 905. The first-order chi connectivity index (χ1) is 30.1. The largest absolute Gasteiger partial charge is 0.394 e. The lowest BCUT2D eigenvalue weighted by atomic mass is 10.0. The lowest BCUT2D eigenvalue weighted by Gasteiger charge is -2.21. The summed E-state index contributed by atoms with van der Waals surface area (Å²) < 4.78 is 0.